The molecule has 0 heterocycles. The number of thioether (sulfide) groups is 1. The molecule has 0 aromatic rings. The van der Waals surface area contributed by atoms with E-state index in [-0.39, 0.29) is 0 Å². The van der Waals surface area contributed by atoms with Gasteiger partial charge in [0.1, 0.15) is 0 Å². The minimum atomic E-state index is -2.50. The minimum absolute atomic E-state index is 0.371. The van der Waals surface area contributed by atoms with Gasteiger partial charge in [-0.15, -0.1) is 0 Å². The standard InChI is InChI=1S/C5H14NO2PS/c1-4(10-2)3-5(6)9(7)8/h4-5,9H,3,6H2,1-2H3,(H,7,8). The van der Waals surface area contributed by atoms with Crippen LogP contribution in [0, 0.1) is 0 Å². The predicted octanol–water partition coefficient (Wildman–Crippen LogP) is 0.880. The quantitative estimate of drug-likeness (QED) is 0.635. The molecule has 0 rings (SSSR count). The maximum Gasteiger partial charge on any atom is 0.205 e. The van der Waals surface area contributed by atoms with E-state index in [4.69, 9.17) is 10.6 Å². The molecule has 0 aliphatic carbocycles. The number of nitrogens with two attached hydrogens (primary N) is 1. The third-order valence-electron chi connectivity index (χ3n) is 1.31. The average Bonchev–Trinajstić information content (AvgIpc) is 1.87. The van der Waals surface area contributed by atoms with Crippen molar-refractivity contribution in [2.24, 2.45) is 5.73 Å². The van der Waals surface area contributed by atoms with Crippen molar-refractivity contribution in [3.8, 4) is 0 Å². The molecule has 0 amide bonds. The van der Waals surface area contributed by atoms with Crippen molar-refractivity contribution in [3.63, 3.8) is 0 Å². The maximum atomic E-state index is 10.4. The fourth-order valence-corrected chi connectivity index (χ4v) is 1.68. The third kappa shape index (κ3) is 4.34. The normalized spacial score (nSPS) is 20.0. The summed E-state index contributed by atoms with van der Waals surface area (Å²) in [6, 6.07) is 0. The van der Waals surface area contributed by atoms with Gasteiger partial charge < -0.3 is 10.6 Å². The first-order valence-corrected chi connectivity index (χ1v) is 5.81. The first-order chi connectivity index (χ1) is 4.57. The van der Waals surface area contributed by atoms with Crippen molar-refractivity contribution in [1.29, 1.82) is 0 Å². The van der Waals surface area contributed by atoms with Crippen LogP contribution in [0.2, 0.25) is 0 Å². The highest BCUT2D eigenvalue weighted by Gasteiger charge is 2.11. The van der Waals surface area contributed by atoms with Crippen molar-refractivity contribution in [2.75, 3.05) is 6.26 Å². The van der Waals surface area contributed by atoms with Crippen LogP contribution in [0.5, 0.6) is 0 Å². The maximum absolute atomic E-state index is 10.4. The van der Waals surface area contributed by atoms with Gasteiger partial charge in [-0.05, 0) is 12.7 Å². The van der Waals surface area contributed by atoms with Crippen molar-refractivity contribution in [2.45, 2.75) is 24.4 Å². The van der Waals surface area contributed by atoms with E-state index in [1.807, 2.05) is 13.2 Å². The fourth-order valence-electron chi connectivity index (χ4n) is 0.555. The first kappa shape index (κ1) is 10.5. The molecule has 5 heteroatoms. The summed E-state index contributed by atoms with van der Waals surface area (Å²) in [4.78, 5) is 8.58. The molecular formula is C5H14NO2PS. The summed E-state index contributed by atoms with van der Waals surface area (Å²) in [6.07, 6.45) is 2.58. The lowest BCUT2D eigenvalue weighted by Gasteiger charge is -2.11. The van der Waals surface area contributed by atoms with Gasteiger partial charge in [-0.2, -0.15) is 11.8 Å². The summed E-state index contributed by atoms with van der Waals surface area (Å²) in [6.45, 7) is 2.00. The Labute approximate surface area is 66.2 Å². The van der Waals surface area contributed by atoms with Crippen molar-refractivity contribution < 1.29 is 9.46 Å². The van der Waals surface area contributed by atoms with Crippen molar-refractivity contribution in [3.05, 3.63) is 0 Å². The van der Waals surface area contributed by atoms with E-state index in [2.05, 4.69) is 0 Å². The van der Waals surface area contributed by atoms with Crippen molar-refractivity contribution in [1.82, 2.24) is 0 Å². The number of hydrogen-bond donors (Lipinski definition) is 2. The lowest BCUT2D eigenvalue weighted by atomic mass is 10.3. The Morgan fingerprint density at radius 2 is 2.30 bits per heavy atom. The summed E-state index contributed by atoms with van der Waals surface area (Å²) in [5.74, 6) is -0.521. The molecule has 0 aromatic heterocycles. The number of hydrogen-bond acceptors (Lipinski definition) is 3. The molecule has 62 valence electrons. The van der Waals surface area contributed by atoms with Gasteiger partial charge in [0.15, 0.2) is 0 Å². The van der Waals surface area contributed by atoms with E-state index >= 15 is 0 Å². The first-order valence-electron chi connectivity index (χ1n) is 3.09. The molecule has 0 spiro atoms. The van der Waals surface area contributed by atoms with E-state index in [0.29, 0.717) is 11.7 Å². The van der Waals surface area contributed by atoms with Gasteiger partial charge in [0.05, 0.1) is 5.78 Å². The van der Waals surface area contributed by atoms with Gasteiger partial charge in [-0.25, -0.2) is 0 Å². The van der Waals surface area contributed by atoms with Gasteiger partial charge >= 0.3 is 0 Å². The highest BCUT2D eigenvalue weighted by molar-refractivity contribution is 7.99. The summed E-state index contributed by atoms with van der Waals surface area (Å²) in [5, 5.41) is 0.371. The predicted molar refractivity (Wildman–Crippen MR) is 46.8 cm³/mol. The van der Waals surface area contributed by atoms with Crippen LogP contribution in [0.25, 0.3) is 0 Å². The molecule has 0 radical (unpaired) electrons. The van der Waals surface area contributed by atoms with Crippen LogP contribution in [0.15, 0.2) is 0 Å². The topological polar surface area (TPSA) is 63.3 Å². The minimum Gasteiger partial charge on any atom is -0.345 e. The molecule has 0 saturated carbocycles. The molecule has 0 aromatic carbocycles. The summed E-state index contributed by atoms with van der Waals surface area (Å²) in [5.41, 5.74) is 5.36. The van der Waals surface area contributed by atoms with Crippen LogP contribution in [0.3, 0.4) is 0 Å². The molecule has 3 N–H and O–H groups in total. The van der Waals surface area contributed by atoms with Crippen LogP contribution >= 0.6 is 19.8 Å². The summed E-state index contributed by atoms with van der Waals surface area (Å²) >= 11 is 1.66. The van der Waals surface area contributed by atoms with Gasteiger partial charge in [0.2, 0.25) is 8.03 Å². The highest BCUT2D eigenvalue weighted by Crippen LogP contribution is 2.24. The zero-order valence-electron chi connectivity index (χ0n) is 6.20. The van der Waals surface area contributed by atoms with E-state index in [1.165, 1.54) is 0 Å². The third-order valence-corrected chi connectivity index (χ3v) is 3.17. The molecule has 3 nitrogen and oxygen atoms in total. The van der Waals surface area contributed by atoms with E-state index in [1.54, 1.807) is 11.8 Å². The zero-order chi connectivity index (χ0) is 8.15. The second-order valence-electron chi connectivity index (χ2n) is 2.23. The van der Waals surface area contributed by atoms with Crippen LogP contribution in [-0.2, 0) is 4.57 Å². The van der Waals surface area contributed by atoms with E-state index < -0.39 is 13.8 Å². The van der Waals surface area contributed by atoms with Gasteiger partial charge in [0, 0.05) is 5.25 Å². The molecule has 3 atom stereocenters. The molecule has 0 fully saturated rings. The molecule has 0 aliphatic rings. The van der Waals surface area contributed by atoms with E-state index in [9.17, 15) is 4.57 Å². The molecule has 0 saturated heterocycles. The Balaban J connectivity index is 3.56. The number of rotatable bonds is 4. The summed E-state index contributed by atoms with van der Waals surface area (Å²) in [7, 11) is -2.50. The Bertz CT molecular complexity index is 122. The Morgan fingerprint density at radius 1 is 1.80 bits per heavy atom. The Hall–Kier alpha value is 0.500. The Morgan fingerprint density at radius 3 is 2.60 bits per heavy atom. The smallest absolute Gasteiger partial charge is 0.205 e. The zero-order valence-corrected chi connectivity index (χ0v) is 8.02. The van der Waals surface area contributed by atoms with Gasteiger partial charge in [-0.1, -0.05) is 6.92 Å². The monoisotopic (exact) mass is 183 g/mol. The van der Waals surface area contributed by atoms with Crippen LogP contribution in [0.4, 0.5) is 0 Å². The lowest BCUT2D eigenvalue weighted by Crippen LogP contribution is -2.19. The van der Waals surface area contributed by atoms with Crippen LogP contribution in [-0.4, -0.2) is 22.2 Å². The lowest BCUT2D eigenvalue weighted by molar-refractivity contribution is 0.485. The highest BCUT2D eigenvalue weighted by atomic mass is 32.2. The molecule has 10 heavy (non-hydrogen) atoms. The van der Waals surface area contributed by atoms with E-state index in [0.717, 1.165) is 0 Å². The van der Waals surface area contributed by atoms with Crippen LogP contribution < -0.4 is 5.73 Å². The van der Waals surface area contributed by atoms with Crippen molar-refractivity contribution >= 4 is 19.8 Å². The second-order valence-corrected chi connectivity index (χ2v) is 4.92. The molecule has 3 unspecified atom stereocenters. The average molecular weight is 183 g/mol. The molecule has 0 bridgehead atoms. The SMILES string of the molecule is CSC(C)CC(N)[PH](=O)O. The second kappa shape index (κ2) is 5.19. The van der Waals surface area contributed by atoms with Crippen LogP contribution in [0.1, 0.15) is 13.3 Å². The summed E-state index contributed by atoms with van der Waals surface area (Å²) < 4.78 is 10.4. The molecular weight excluding hydrogens is 169 g/mol. The van der Waals surface area contributed by atoms with Gasteiger partial charge in [-0.3, -0.25) is 4.57 Å². The molecule has 0 aliphatic heterocycles. The largest absolute Gasteiger partial charge is 0.345 e. The fraction of sp³-hybridized carbons (Fsp3) is 1.00. The Kier molecular flexibility index (Phi) is 5.45. The van der Waals surface area contributed by atoms with Gasteiger partial charge in [0.25, 0.3) is 0 Å².